The molecule has 1 aromatic carbocycles. The quantitative estimate of drug-likeness (QED) is 0.872. The third-order valence-corrected chi connectivity index (χ3v) is 4.60. The molecule has 2 aromatic rings. The van der Waals surface area contributed by atoms with Crippen LogP contribution in [0.25, 0.3) is 0 Å². The molecular weight excluding hydrogens is 329 g/mol. The van der Waals surface area contributed by atoms with Crippen molar-refractivity contribution in [3.05, 3.63) is 64.5 Å². The highest BCUT2D eigenvalue weighted by Crippen LogP contribution is 2.35. The number of hydrogen-bond acceptors (Lipinski definition) is 3. The Balaban J connectivity index is 1.74. The van der Waals surface area contributed by atoms with E-state index in [0.717, 1.165) is 30.2 Å². The van der Waals surface area contributed by atoms with Gasteiger partial charge in [-0.25, -0.2) is 0 Å². The van der Waals surface area contributed by atoms with E-state index in [1.54, 1.807) is 0 Å². The first-order chi connectivity index (χ1) is 11.8. The average molecular weight is 350 g/mol. The Morgan fingerprint density at radius 1 is 1.32 bits per heavy atom. The van der Waals surface area contributed by atoms with Crippen LogP contribution in [0.5, 0.6) is 0 Å². The van der Waals surface area contributed by atoms with Crippen molar-refractivity contribution >= 4 is 0 Å². The zero-order valence-corrected chi connectivity index (χ0v) is 14.0. The SMILES string of the molecule is Cc1cccc(C(O)CNC2CCCc3ncc(C(F)(F)F)cc32)c1. The summed E-state index contributed by atoms with van der Waals surface area (Å²) < 4.78 is 38.9. The van der Waals surface area contributed by atoms with E-state index < -0.39 is 17.8 Å². The fraction of sp³-hybridized carbons (Fsp3) is 0.421. The number of halogens is 3. The molecular formula is C19H21F3N2O. The van der Waals surface area contributed by atoms with Crippen LogP contribution in [0.2, 0.25) is 0 Å². The minimum Gasteiger partial charge on any atom is -0.387 e. The highest BCUT2D eigenvalue weighted by Gasteiger charge is 2.33. The lowest BCUT2D eigenvalue weighted by Crippen LogP contribution is -2.30. The van der Waals surface area contributed by atoms with Crippen LogP contribution < -0.4 is 5.32 Å². The van der Waals surface area contributed by atoms with Gasteiger partial charge in [0.05, 0.1) is 11.7 Å². The summed E-state index contributed by atoms with van der Waals surface area (Å²) >= 11 is 0. The monoisotopic (exact) mass is 350 g/mol. The largest absolute Gasteiger partial charge is 0.417 e. The normalized spacial score (nSPS) is 18.7. The molecule has 2 N–H and O–H groups in total. The molecule has 1 aromatic heterocycles. The van der Waals surface area contributed by atoms with E-state index in [4.69, 9.17) is 0 Å². The highest BCUT2D eigenvalue weighted by molar-refractivity contribution is 5.32. The summed E-state index contributed by atoms with van der Waals surface area (Å²) in [6.07, 6.45) is -1.91. The molecule has 25 heavy (non-hydrogen) atoms. The van der Waals surface area contributed by atoms with Gasteiger partial charge in [-0.15, -0.1) is 0 Å². The van der Waals surface area contributed by atoms with Crippen LogP contribution >= 0.6 is 0 Å². The smallest absolute Gasteiger partial charge is 0.387 e. The van der Waals surface area contributed by atoms with Gasteiger partial charge in [0.2, 0.25) is 0 Å². The van der Waals surface area contributed by atoms with Crippen molar-refractivity contribution in [3.63, 3.8) is 0 Å². The molecule has 0 bridgehead atoms. The molecule has 0 saturated carbocycles. The van der Waals surface area contributed by atoms with Crippen molar-refractivity contribution in [3.8, 4) is 0 Å². The summed E-state index contributed by atoms with van der Waals surface area (Å²) in [5, 5.41) is 13.6. The lowest BCUT2D eigenvalue weighted by atomic mass is 9.90. The van der Waals surface area contributed by atoms with Gasteiger partial charge in [0.1, 0.15) is 0 Å². The molecule has 3 rings (SSSR count). The second kappa shape index (κ2) is 7.14. The van der Waals surface area contributed by atoms with E-state index in [2.05, 4.69) is 10.3 Å². The lowest BCUT2D eigenvalue weighted by Gasteiger charge is -2.27. The molecule has 1 heterocycles. The number of fused-ring (bicyclic) bond motifs is 1. The van der Waals surface area contributed by atoms with Gasteiger partial charge in [0, 0.05) is 24.5 Å². The average Bonchev–Trinajstić information content (AvgIpc) is 2.58. The molecule has 1 aliphatic carbocycles. The molecule has 0 radical (unpaired) electrons. The lowest BCUT2D eigenvalue weighted by molar-refractivity contribution is -0.137. The number of aliphatic hydroxyl groups is 1. The second-order valence-corrected chi connectivity index (χ2v) is 6.54. The Bertz CT molecular complexity index is 746. The van der Waals surface area contributed by atoms with Gasteiger partial charge in [-0.2, -0.15) is 13.2 Å². The predicted octanol–water partition coefficient (Wildman–Crippen LogP) is 4.11. The van der Waals surface area contributed by atoms with Crippen molar-refractivity contribution in [2.75, 3.05) is 6.54 Å². The van der Waals surface area contributed by atoms with Crippen LogP contribution in [0.15, 0.2) is 36.5 Å². The van der Waals surface area contributed by atoms with Crippen LogP contribution in [0.1, 0.15) is 52.9 Å². The predicted molar refractivity (Wildman–Crippen MR) is 89.1 cm³/mol. The maximum absolute atomic E-state index is 13.0. The van der Waals surface area contributed by atoms with Crippen LogP contribution in [0.3, 0.4) is 0 Å². The number of aliphatic hydroxyl groups excluding tert-OH is 1. The van der Waals surface area contributed by atoms with Crippen molar-refractivity contribution in [1.82, 2.24) is 10.3 Å². The number of rotatable bonds is 4. The van der Waals surface area contributed by atoms with Crippen LogP contribution in [0, 0.1) is 6.92 Å². The Labute approximate surface area is 144 Å². The number of nitrogens with zero attached hydrogens (tertiary/aromatic N) is 1. The van der Waals surface area contributed by atoms with Gasteiger partial charge in [-0.05, 0) is 43.4 Å². The van der Waals surface area contributed by atoms with E-state index in [1.165, 1.54) is 6.07 Å². The molecule has 3 nitrogen and oxygen atoms in total. The Morgan fingerprint density at radius 2 is 2.12 bits per heavy atom. The van der Waals surface area contributed by atoms with Crippen molar-refractivity contribution < 1.29 is 18.3 Å². The van der Waals surface area contributed by atoms with Gasteiger partial charge < -0.3 is 10.4 Å². The molecule has 6 heteroatoms. The Morgan fingerprint density at radius 3 is 2.84 bits per heavy atom. The first-order valence-corrected chi connectivity index (χ1v) is 8.38. The number of pyridine rings is 1. The van der Waals surface area contributed by atoms with E-state index >= 15 is 0 Å². The summed E-state index contributed by atoms with van der Waals surface area (Å²) in [6, 6.07) is 8.55. The molecule has 134 valence electrons. The molecule has 0 amide bonds. The summed E-state index contributed by atoms with van der Waals surface area (Å²) in [5.41, 5.74) is 2.43. The van der Waals surface area contributed by atoms with Crippen molar-refractivity contribution in [1.29, 1.82) is 0 Å². The zero-order chi connectivity index (χ0) is 18.0. The van der Waals surface area contributed by atoms with Crippen LogP contribution in [-0.4, -0.2) is 16.6 Å². The van der Waals surface area contributed by atoms with Crippen molar-refractivity contribution in [2.24, 2.45) is 0 Å². The number of aromatic nitrogens is 1. The fourth-order valence-corrected chi connectivity index (χ4v) is 3.27. The van der Waals surface area contributed by atoms with Gasteiger partial charge in [0.25, 0.3) is 0 Å². The molecule has 0 aliphatic heterocycles. The van der Waals surface area contributed by atoms with Gasteiger partial charge in [0.15, 0.2) is 0 Å². The minimum atomic E-state index is -4.40. The van der Waals surface area contributed by atoms with Crippen LogP contribution in [0.4, 0.5) is 13.2 Å². The molecule has 2 unspecified atom stereocenters. The van der Waals surface area contributed by atoms with Crippen molar-refractivity contribution in [2.45, 2.75) is 44.5 Å². The molecule has 0 spiro atoms. The zero-order valence-electron chi connectivity index (χ0n) is 14.0. The fourth-order valence-electron chi connectivity index (χ4n) is 3.27. The minimum absolute atomic E-state index is 0.224. The summed E-state index contributed by atoms with van der Waals surface area (Å²) in [7, 11) is 0. The third kappa shape index (κ3) is 4.19. The number of benzene rings is 1. The number of aryl methyl sites for hydroxylation is 2. The summed E-state index contributed by atoms with van der Waals surface area (Å²) in [6.45, 7) is 2.23. The maximum Gasteiger partial charge on any atom is 0.417 e. The van der Waals surface area contributed by atoms with E-state index in [0.29, 0.717) is 17.7 Å². The first-order valence-electron chi connectivity index (χ1n) is 8.38. The molecule has 0 fully saturated rings. The Kier molecular flexibility index (Phi) is 5.11. The summed E-state index contributed by atoms with van der Waals surface area (Å²) in [5.74, 6) is 0. The van der Waals surface area contributed by atoms with E-state index in [-0.39, 0.29) is 12.6 Å². The number of alkyl halides is 3. The third-order valence-electron chi connectivity index (χ3n) is 4.60. The molecule has 0 saturated heterocycles. The molecule has 2 atom stereocenters. The number of nitrogens with one attached hydrogen (secondary N) is 1. The second-order valence-electron chi connectivity index (χ2n) is 6.54. The Hall–Kier alpha value is -1.92. The van der Waals surface area contributed by atoms with Gasteiger partial charge in [-0.1, -0.05) is 29.8 Å². The maximum atomic E-state index is 13.0. The standard InChI is InChI=1S/C19H21F3N2O/c1-12-4-2-5-13(8-12)18(25)11-24-17-7-3-6-16-15(17)9-14(10-23-16)19(20,21)22/h2,4-5,8-10,17-18,24-25H,3,6-7,11H2,1H3. The topological polar surface area (TPSA) is 45.1 Å². The van der Waals surface area contributed by atoms with Gasteiger partial charge >= 0.3 is 6.18 Å². The highest BCUT2D eigenvalue weighted by atomic mass is 19.4. The summed E-state index contributed by atoms with van der Waals surface area (Å²) in [4.78, 5) is 4.01. The van der Waals surface area contributed by atoms with Crippen LogP contribution in [-0.2, 0) is 12.6 Å². The first kappa shape index (κ1) is 17.9. The number of hydrogen-bond donors (Lipinski definition) is 2. The molecule has 1 aliphatic rings. The van der Waals surface area contributed by atoms with E-state index in [9.17, 15) is 18.3 Å². The van der Waals surface area contributed by atoms with Gasteiger partial charge in [-0.3, -0.25) is 4.98 Å². The van der Waals surface area contributed by atoms with E-state index in [1.807, 2.05) is 31.2 Å².